The van der Waals surface area contributed by atoms with E-state index < -0.39 is 10.1 Å². The van der Waals surface area contributed by atoms with E-state index in [1.54, 1.807) is 12.1 Å². The molecule has 3 nitrogen and oxygen atoms in total. The molecule has 0 amide bonds. The van der Waals surface area contributed by atoms with Gasteiger partial charge in [-0.3, -0.25) is 4.55 Å². The Morgan fingerprint density at radius 1 is 1.23 bits per heavy atom. The Balaban J connectivity index is 0.00000144. The third kappa shape index (κ3) is 3.34. The largest absolute Gasteiger partial charge is 0.294 e. The number of benzene rings is 1. The fraction of sp³-hybridized carbons (Fsp3) is 0.250. The Labute approximate surface area is 83.9 Å². The van der Waals surface area contributed by atoms with E-state index in [2.05, 4.69) is 0 Å². The van der Waals surface area contributed by atoms with Crippen molar-refractivity contribution < 1.29 is 13.0 Å². The quantitative estimate of drug-likeness (QED) is 0.778. The predicted molar refractivity (Wildman–Crippen MR) is 52.9 cm³/mol. The van der Waals surface area contributed by atoms with Gasteiger partial charge in [-0.25, -0.2) is 0 Å². The Morgan fingerprint density at radius 3 is 2.00 bits per heavy atom. The summed E-state index contributed by atoms with van der Waals surface area (Å²) in [5.41, 5.74) is 1.04. The molecule has 0 atom stereocenters. The normalized spacial score (nSPS) is 10.6. The van der Waals surface area contributed by atoms with Gasteiger partial charge in [-0.15, -0.1) is 12.4 Å². The van der Waals surface area contributed by atoms with Crippen molar-refractivity contribution in [2.24, 2.45) is 0 Å². The maximum atomic E-state index is 10.6. The van der Waals surface area contributed by atoms with Crippen LogP contribution < -0.4 is 0 Å². The Hall–Kier alpha value is -0.580. The summed E-state index contributed by atoms with van der Waals surface area (Å²) in [7, 11) is -4.03. The zero-order chi connectivity index (χ0) is 9.19. The van der Waals surface area contributed by atoms with Crippen LogP contribution in [0, 0.1) is 0 Å². The monoisotopic (exact) mass is 222 g/mol. The van der Waals surface area contributed by atoms with Crippen molar-refractivity contribution in [2.75, 3.05) is 0 Å². The van der Waals surface area contributed by atoms with Crippen LogP contribution in [0.3, 0.4) is 0 Å². The summed E-state index contributed by atoms with van der Waals surface area (Å²) >= 11 is 0. The summed E-state index contributed by atoms with van der Waals surface area (Å²) in [6, 6.07) is 6.16. The molecule has 0 heterocycles. The number of halogens is 1. The molecule has 13 heavy (non-hydrogen) atoms. The second-order valence-corrected chi connectivity index (χ2v) is 3.89. The van der Waals surface area contributed by atoms with Gasteiger partial charge in [0.05, 0.1) is 4.90 Å². The Morgan fingerprint density at radius 2 is 1.69 bits per heavy atom. The van der Waals surface area contributed by atoms with Crippen molar-refractivity contribution in [3.8, 4) is 0 Å². The molecule has 0 unspecified atom stereocenters. The van der Waals surface area contributed by atoms with E-state index in [4.69, 9.17) is 4.55 Å². The maximum absolute atomic E-state index is 10.6. The van der Waals surface area contributed by atoms with Gasteiger partial charge >= 0.3 is 0 Å². The van der Waals surface area contributed by atoms with Crippen LogP contribution in [0.25, 0.3) is 0 Å². The van der Waals surface area contributed by atoms with Crippen LogP contribution >= 0.6 is 12.4 Å². The van der Waals surface area contributed by atoms with Gasteiger partial charge in [0, 0.05) is 0 Å². The van der Waals surface area contributed by atoms with Crippen LogP contribution in [0.4, 0.5) is 0 Å². The molecule has 0 aliphatic rings. The molecule has 74 valence electrons. The summed E-state index contributed by atoms with van der Waals surface area (Å²) in [5.74, 6) is 0. The van der Waals surface area contributed by atoms with Gasteiger partial charge in [0.1, 0.15) is 0 Å². The molecule has 0 aliphatic heterocycles. The van der Waals surface area contributed by atoms with Crippen LogP contribution in [-0.4, -0.2) is 13.0 Å². The van der Waals surface area contributed by atoms with E-state index in [1.807, 2.05) is 6.92 Å². The first-order valence-corrected chi connectivity index (χ1v) is 5.04. The molecule has 5 heteroatoms. The second kappa shape index (κ2) is 4.60. The first-order valence-electron chi connectivity index (χ1n) is 3.60. The highest BCUT2D eigenvalue weighted by Gasteiger charge is 2.07. The molecule has 1 rings (SSSR count). The molecule has 0 saturated carbocycles. The van der Waals surface area contributed by atoms with Crippen molar-refractivity contribution in [1.29, 1.82) is 0 Å². The van der Waals surface area contributed by atoms with Crippen molar-refractivity contribution in [3.63, 3.8) is 0 Å². The maximum Gasteiger partial charge on any atom is 0.294 e. The van der Waals surface area contributed by atoms with Gasteiger partial charge in [-0.2, -0.15) is 8.42 Å². The van der Waals surface area contributed by atoms with Gasteiger partial charge in [-0.05, 0) is 24.1 Å². The summed E-state index contributed by atoms with van der Waals surface area (Å²) in [6.07, 6.45) is 0.853. The predicted octanol–water partition coefficient (Wildman–Crippen LogP) is 1.92. The van der Waals surface area contributed by atoms with Crippen molar-refractivity contribution in [2.45, 2.75) is 18.2 Å². The first kappa shape index (κ1) is 12.4. The van der Waals surface area contributed by atoms with E-state index >= 15 is 0 Å². The zero-order valence-electron chi connectivity index (χ0n) is 7.10. The molecule has 0 spiro atoms. The van der Waals surface area contributed by atoms with Crippen molar-refractivity contribution >= 4 is 22.5 Å². The second-order valence-electron chi connectivity index (χ2n) is 2.47. The van der Waals surface area contributed by atoms with Crippen LogP contribution in [0.2, 0.25) is 0 Å². The highest BCUT2D eigenvalue weighted by molar-refractivity contribution is 7.85. The SMILES string of the molecule is CCc1ccc(S(=O)(=O)O)cc1.Cl. The van der Waals surface area contributed by atoms with Gasteiger partial charge in [0.15, 0.2) is 0 Å². The molecule has 0 saturated heterocycles. The lowest BCUT2D eigenvalue weighted by atomic mass is 10.2. The smallest absolute Gasteiger partial charge is 0.282 e. The molecular weight excluding hydrogens is 212 g/mol. The highest BCUT2D eigenvalue weighted by atomic mass is 35.5. The van der Waals surface area contributed by atoms with Crippen LogP contribution in [-0.2, 0) is 16.5 Å². The number of hydrogen-bond donors (Lipinski definition) is 1. The fourth-order valence-corrected chi connectivity index (χ4v) is 1.38. The third-order valence-corrected chi connectivity index (χ3v) is 2.50. The van der Waals surface area contributed by atoms with E-state index in [-0.39, 0.29) is 17.3 Å². The lowest BCUT2D eigenvalue weighted by Gasteiger charge is -1.97. The van der Waals surface area contributed by atoms with E-state index in [9.17, 15) is 8.42 Å². The third-order valence-electron chi connectivity index (χ3n) is 1.63. The number of hydrogen-bond acceptors (Lipinski definition) is 2. The van der Waals surface area contributed by atoms with Gasteiger partial charge in [0.2, 0.25) is 0 Å². The summed E-state index contributed by atoms with van der Waals surface area (Å²) in [6.45, 7) is 1.97. The molecule has 1 aromatic carbocycles. The number of rotatable bonds is 2. The van der Waals surface area contributed by atoms with Crippen molar-refractivity contribution in [1.82, 2.24) is 0 Å². The van der Waals surface area contributed by atoms with Crippen LogP contribution in [0.1, 0.15) is 12.5 Å². The summed E-state index contributed by atoms with van der Waals surface area (Å²) in [4.78, 5) is -0.0558. The molecule has 0 radical (unpaired) electrons. The van der Waals surface area contributed by atoms with Crippen molar-refractivity contribution in [3.05, 3.63) is 29.8 Å². The van der Waals surface area contributed by atoms with Gasteiger partial charge < -0.3 is 0 Å². The minimum atomic E-state index is -4.03. The zero-order valence-corrected chi connectivity index (χ0v) is 8.73. The van der Waals surface area contributed by atoms with E-state index in [1.165, 1.54) is 12.1 Å². The molecule has 0 fully saturated rings. The molecule has 0 bridgehead atoms. The first-order chi connectivity index (χ1) is 5.54. The minimum absolute atomic E-state index is 0. The molecule has 1 aromatic rings. The minimum Gasteiger partial charge on any atom is -0.282 e. The highest BCUT2D eigenvalue weighted by Crippen LogP contribution is 2.09. The van der Waals surface area contributed by atoms with E-state index in [0.717, 1.165) is 12.0 Å². The molecule has 0 aromatic heterocycles. The fourth-order valence-electron chi connectivity index (χ4n) is 0.897. The molecule has 0 aliphatic carbocycles. The topological polar surface area (TPSA) is 54.4 Å². The van der Waals surface area contributed by atoms with Crippen LogP contribution in [0.5, 0.6) is 0 Å². The lowest BCUT2D eigenvalue weighted by Crippen LogP contribution is -1.97. The van der Waals surface area contributed by atoms with E-state index in [0.29, 0.717) is 0 Å². The molecular formula is C8H11ClO3S. The van der Waals surface area contributed by atoms with Gasteiger partial charge in [0.25, 0.3) is 10.1 Å². The standard InChI is InChI=1S/C8H10O3S.ClH/c1-2-7-3-5-8(6-4-7)12(9,10)11;/h3-6H,2H2,1H3,(H,9,10,11);1H. The summed E-state index contributed by atoms with van der Waals surface area (Å²) < 4.78 is 29.8. The van der Waals surface area contributed by atoms with Crippen LogP contribution in [0.15, 0.2) is 29.2 Å². The lowest BCUT2D eigenvalue weighted by molar-refractivity contribution is 0.483. The Kier molecular flexibility index (Phi) is 4.39. The van der Waals surface area contributed by atoms with Gasteiger partial charge in [-0.1, -0.05) is 19.1 Å². The molecule has 1 N–H and O–H groups in total. The Bertz CT molecular complexity index is 355. The average Bonchev–Trinajstić information content (AvgIpc) is 2.03. The summed E-state index contributed by atoms with van der Waals surface area (Å²) in [5, 5.41) is 0. The number of aryl methyl sites for hydroxylation is 1. The average molecular weight is 223 g/mol.